The number of nitrogens with zero attached hydrogens (tertiary/aromatic N) is 4. The van der Waals surface area contributed by atoms with Crippen LogP contribution in [-0.2, 0) is 6.42 Å². The average Bonchev–Trinajstić information content (AvgIpc) is 3.28. The molecule has 0 fully saturated rings. The minimum atomic E-state index is -0.395. The number of aromatic nitrogens is 2. The van der Waals surface area contributed by atoms with Gasteiger partial charge >= 0.3 is 6.03 Å². The smallest absolute Gasteiger partial charge is 0.323 e. The van der Waals surface area contributed by atoms with E-state index in [1.807, 2.05) is 38.4 Å². The molecule has 38 heavy (non-hydrogen) atoms. The third-order valence-electron chi connectivity index (χ3n) is 6.09. The van der Waals surface area contributed by atoms with Crippen molar-refractivity contribution in [2.45, 2.75) is 6.42 Å². The number of hydrogen-bond donors (Lipinski definition) is 3. The molecule has 0 aliphatic rings. The molecule has 3 aromatic carbocycles. The number of anilines is 4. The molecular formula is C29H25N7OS. The summed E-state index contributed by atoms with van der Waals surface area (Å²) in [5.74, 6) is 0.441. The molecule has 8 nitrogen and oxygen atoms in total. The Labute approximate surface area is 224 Å². The lowest BCUT2D eigenvalue weighted by Crippen LogP contribution is -2.19. The van der Waals surface area contributed by atoms with Crippen LogP contribution >= 0.6 is 11.3 Å². The molecule has 2 amide bonds. The SMILES string of the molecule is CN(C)c1ccc(Cc2sc3ncnc(N)c3c2-c2ccc(NC(=O)Nc3cccc(C#N)c3)cc2)cc1. The number of hydrogen-bond acceptors (Lipinski definition) is 7. The molecule has 9 heteroatoms. The second kappa shape index (κ2) is 10.6. The monoisotopic (exact) mass is 519 g/mol. The van der Waals surface area contributed by atoms with Gasteiger partial charge in [0.15, 0.2) is 0 Å². The van der Waals surface area contributed by atoms with E-state index in [1.165, 1.54) is 11.9 Å². The largest absolute Gasteiger partial charge is 0.383 e. The number of amides is 2. The van der Waals surface area contributed by atoms with Crippen molar-refractivity contribution in [3.8, 4) is 17.2 Å². The summed E-state index contributed by atoms with van der Waals surface area (Å²) < 4.78 is 0. The summed E-state index contributed by atoms with van der Waals surface area (Å²) in [5, 5.41) is 15.5. The molecule has 5 aromatic rings. The van der Waals surface area contributed by atoms with Crippen LogP contribution in [0.3, 0.4) is 0 Å². The summed E-state index contributed by atoms with van der Waals surface area (Å²) >= 11 is 1.61. The molecule has 2 aromatic heterocycles. The zero-order chi connectivity index (χ0) is 26.6. The number of urea groups is 1. The average molecular weight is 520 g/mol. The van der Waals surface area contributed by atoms with E-state index in [0.717, 1.165) is 38.3 Å². The van der Waals surface area contributed by atoms with E-state index in [4.69, 9.17) is 11.0 Å². The second-order valence-electron chi connectivity index (χ2n) is 8.93. The van der Waals surface area contributed by atoms with Crippen molar-refractivity contribution in [2.24, 2.45) is 0 Å². The Kier molecular flexibility index (Phi) is 6.89. The number of carbonyl (C=O) groups excluding carboxylic acids is 1. The quantitative estimate of drug-likeness (QED) is 0.249. The summed E-state index contributed by atoms with van der Waals surface area (Å²) in [7, 11) is 4.05. The number of rotatable bonds is 6. The van der Waals surface area contributed by atoms with E-state index in [2.05, 4.69) is 55.8 Å². The maximum absolute atomic E-state index is 12.5. The summed E-state index contributed by atoms with van der Waals surface area (Å²) in [6.07, 6.45) is 2.22. The molecule has 0 saturated carbocycles. The van der Waals surface area contributed by atoms with Crippen molar-refractivity contribution in [3.05, 3.63) is 95.1 Å². The predicted molar refractivity (Wildman–Crippen MR) is 155 cm³/mol. The predicted octanol–water partition coefficient (Wildman–Crippen LogP) is 6.11. The molecule has 0 atom stereocenters. The topological polar surface area (TPSA) is 120 Å². The third kappa shape index (κ3) is 5.26. The lowest BCUT2D eigenvalue weighted by molar-refractivity contribution is 0.262. The van der Waals surface area contributed by atoms with Crippen LogP contribution in [0.4, 0.5) is 27.7 Å². The number of benzene rings is 3. The molecule has 4 N–H and O–H groups in total. The van der Waals surface area contributed by atoms with Gasteiger partial charge in [-0.2, -0.15) is 5.26 Å². The summed E-state index contributed by atoms with van der Waals surface area (Å²) in [5.41, 5.74) is 12.3. The minimum absolute atomic E-state index is 0.395. The Hall–Kier alpha value is -4.94. The minimum Gasteiger partial charge on any atom is -0.383 e. The maximum atomic E-state index is 12.5. The first kappa shape index (κ1) is 24.7. The number of carbonyl (C=O) groups is 1. The van der Waals surface area contributed by atoms with Crippen LogP contribution in [0.2, 0.25) is 0 Å². The van der Waals surface area contributed by atoms with Crippen LogP contribution in [-0.4, -0.2) is 30.1 Å². The van der Waals surface area contributed by atoms with Crippen LogP contribution in [0, 0.1) is 11.3 Å². The number of thiophene rings is 1. The van der Waals surface area contributed by atoms with Gasteiger partial charge in [0.2, 0.25) is 0 Å². The van der Waals surface area contributed by atoms with Crippen molar-refractivity contribution < 1.29 is 4.79 Å². The molecule has 0 spiro atoms. The molecule has 0 radical (unpaired) electrons. The fourth-order valence-electron chi connectivity index (χ4n) is 4.21. The number of nitriles is 1. The Morgan fingerprint density at radius 1 is 1.00 bits per heavy atom. The highest BCUT2D eigenvalue weighted by atomic mass is 32.1. The highest BCUT2D eigenvalue weighted by Crippen LogP contribution is 2.41. The lowest BCUT2D eigenvalue weighted by Gasteiger charge is -2.13. The van der Waals surface area contributed by atoms with Crippen LogP contribution in [0.5, 0.6) is 0 Å². The summed E-state index contributed by atoms with van der Waals surface area (Å²) in [4.78, 5) is 25.3. The zero-order valence-electron chi connectivity index (χ0n) is 20.9. The lowest BCUT2D eigenvalue weighted by atomic mass is 9.99. The van der Waals surface area contributed by atoms with Gasteiger partial charge in [0.05, 0.1) is 17.0 Å². The zero-order valence-corrected chi connectivity index (χ0v) is 21.7. The number of nitrogen functional groups attached to an aromatic ring is 1. The van der Waals surface area contributed by atoms with Gasteiger partial charge in [-0.05, 0) is 53.6 Å². The molecule has 188 valence electrons. The molecule has 0 unspecified atom stereocenters. The molecule has 0 aliphatic carbocycles. The van der Waals surface area contributed by atoms with Gasteiger partial charge in [-0.3, -0.25) is 0 Å². The normalized spacial score (nSPS) is 10.7. The molecule has 0 bridgehead atoms. The molecule has 0 aliphatic heterocycles. The first-order valence-corrected chi connectivity index (χ1v) is 12.7. The Bertz CT molecular complexity index is 1650. The Morgan fingerprint density at radius 3 is 2.45 bits per heavy atom. The Morgan fingerprint density at radius 2 is 1.74 bits per heavy atom. The van der Waals surface area contributed by atoms with Gasteiger partial charge in [0, 0.05) is 48.0 Å². The van der Waals surface area contributed by atoms with Crippen molar-refractivity contribution in [2.75, 3.05) is 35.4 Å². The van der Waals surface area contributed by atoms with Crippen molar-refractivity contribution in [3.63, 3.8) is 0 Å². The van der Waals surface area contributed by atoms with Crippen LogP contribution in [0.25, 0.3) is 21.3 Å². The first-order chi connectivity index (χ1) is 18.4. The van der Waals surface area contributed by atoms with E-state index in [0.29, 0.717) is 22.8 Å². The van der Waals surface area contributed by atoms with Gasteiger partial charge in [0.25, 0.3) is 0 Å². The fourth-order valence-corrected chi connectivity index (χ4v) is 5.41. The van der Waals surface area contributed by atoms with Gasteiger partial charge in [-0.15, -0.1) is 11.3 Å². The van der Waals surface area contributed by atoms with Gasteiger partial charge in [-0.1, -0.05) is 30.3 Å². The van der Waals surface area contributed by atoms with Crippen molar-refractivity contribution in [1.82, 2.24) is 9.97 Å². The van der Waals surface area contributed by atoms with E-state index in [9.17, 15) is 4.79 Å². The molecule has 0 saturated heterocycles. The molecular weight excluding hydrogens is 494 g/mol. The fraction of sp³-hybridized carbons (Fsp3) is 0.103. The second-order valence-corrected chi connectivity index (χ2v) is 10.0. The van der Waals surface area contributed by atoms with Gasteiger partial charge in [0.1, 0.15) is 17.0 Å². The first-order valence-electron chi connectivity index (χ1n) is 11.9. The third-order valence-corrected chi connectivity index (χ3v) is 7.19. The van der Waals surface area contributed by atoms with E-state index in [-0.39, 0.29) is 0 Å². The van der Waals surface area contributed by atoms with Crippen LogP contribution < -0.4 is 21.3 Å². The highest BCUT2D eigenvalue weighted by Gasteiger charge is 2.18. The van der Waals surface area contributed by atoms with Crippen molar-refractivity contribution >= 4 is 50.5 Å². The summed E-state index contributed by atoms with van der Waals surface area (Å²) in [6, 6.07) is 24.5. The van der Waals surface area contributed by atoms with E-state index < -0.39 is 6.03 Å². The standard InChI is InChI=1S/C29H25N7OS/c1-36(2)23-12-6-18(7-13-23)15-24-25(26-27(31)32-17-33-28(26)38-24)20-8-10-21(11-9-20)34-29(37)35-22-5-3-4-19(14-22)16-30/h3-14,17H,15H2,1-2H3,(H2,31,32,33)(H2,34,35,37). The summed E-state index contributed by atoms with van der Waals surface area (Å²) in [6.45, 7) is 0. The van der Waals surface area contributed by atoms with Crippen LogP contribution in [0.1, 0.15) is 16.0 Å². The maximum Gasteiger partial charge on any atom is 0.323 e. The van der Waals surface area contributed by atoms with E-state index >= 15 is 0 Å². The highest BCUT2D eigenvalue weighted by molar-refractivity contribution is 7.19. The number of nitrogens with two attached hydrogens (primary N) is 1. The van der Waals surface area contributed by atoms with Crippen LogP contribution in [0.15, 0.2) is 79.1 Å². The van der Waals surface area contributed by atoms with E-state index in [1.54, 1.807) is 35.6 Å². The van der Waals surface area contributed by atoms with Gasteiger partial charge < -0.3 is 21.3 Å². The Balaban J connectivity index is 1.41. The van der Waals surface area contributed by atoms with Crippen molar-refractivity contribution in [1.29, 1.82) is 5.26 Å². The molecule has 2 heterocycles. The van der Waals surface area contributed by atoms with Gasteiger partial charge in [-0.25, -0.2) is 14.8 Å². The molecule has 5 rings (SSSR count). The number of fused-ring (bicyclic) bond motifs is 1. The number of nitrogens with one attached hydrogen (secondary N) is 2.